The van der Waals surface area contributed by atoms with Gasteiger partial charge in [0, 0.05) is 6.04 Å². The van der Waals surface area contributed by atoms with E-state index in [0.29, 0.717) is 12.0 Å². The zero-order valence-electron chi connectivity index (χ0n) is 8.68. The van der Waals surface area contributed by atoms with Crippen molar-refractivity contribution in [2.75, 3.05) is 5.73 Å². The number of nitrogen functional groups attached to an aromatic ring is 1. The van der Waals surface area contributed by atoms with Crippen LogP contribution in [0.2, 0.25) is 0 Å². The van der Waals surface area contributed by atoms with E-state index < -0.39 is 0 Å². The lowest BCUT2D eigenvalue weighted by molar-refractivity contribution is -0.122. The molecule has 1 aromatic heterocycles. The van der Waals surface area contributed by atoms with Crippen LogP contribution in [0.25, 0.3) is 0 Å². The first-order valence-electron chi connectivity index (χ1n) is 5.13. The van der Waals surface area contributed by atoms with Gasteiger partial charge in [0.15, 0.2) is 0 Å². The molecule has 2 unspecified atom stereocenters. The molecule has 82 valence electrons. The van der Waals surface area contributed by atoms with Crippen molar-refractivity contribution in [3.8, 4) is 0 Å². The van der Waals surface area contributed by atoms with E-state index in [1.165, 1.54) is 11.0 Å². The number of carbonyl (C=O) groups excluding carboxylic acids is 1. The quantitative estimate of drug-likeness (QED) is 0.717. The van der Waals surface area contributed by atoms with Gasteiger partial charge in [0.2, 0.25) is 11.9 Å². The third-order valence-electron chi connectivity index (χ3n) is 2.65. The number of hydrogen-bond donors (Lipinski definition) is 2. The minimum atomic E-state index is -0.0270. The molecule has 0 aromatic carbocycles. The first-order chi connectivity index (χ1) is 7.19. The Labute approximate surface area is 87.9 Å². The number of anilines is 1. The van der Waals surface area contributed by atoms with E-state index in [0.717, 1.165) is 12.8 Å². The second-order valence-corrected chi connectivity index (χ2v) is 3.88. The van der Waals surface area contributed by atoms with Crippen molar-refractivity contribution in [2.24, 2.45) is 5.92 Å². The van der Waals surface area contributed by atoms with Crippen molar-refractivity contribution in [3.05, 3.63) is 6.33 Å². The van der Waals surface area contributed by atoms with Crippen LogP contribution < -0.4 is 11.1 Å². The molecule has 1 saturated carbocycles. The lowest BCUT2D eigenvalue weighted by Crippen LogP contribution is -2.30. The predicted molar refractivity (Wildman–Crippen MR) is 54.8 cm³/mol. The number of nitrogens with two attached hydrogens (primary N) is 1. The topological polar surface area (TPSA) is 85.8 Å². The molecule has 2 atom stereocenters. The fourth-order valence-corrected chi connectivity index (χ4v) is 1.66. The monoisotopic (exact) mass is 209 g/mol. The Kier molecular flexibility index (Phi) is 2.57. The zero-order valence-corrected chi connectivity index (χ0v) is 8.68. The van der Waals surface area contributed by atoms with Gasteiger partial charge >= 0.3 is 0 Å². The second-order valence-electron chi connectivity index (χ2n) is 3.88. The van der Waals surface area contributed by atoms with Gasteiger partial charge in [0.25, 0.3) is 0 Å². The Bertz CT molecular complexity index is 361. The predicted octanol–water partition coefficient (Wildman–Crippen LogP) is -0.225. The number of carbonyl (C=O) groups is 1. The number of rotatable bonds is 4. The number of nitrogens with zero attached hydrogens (tertiary/aromatic N) is 3. The van der Waals surface area contributed by atoms with Crippen molar-refractivity contribution in [1.29, 1.82) is 0 Å². The summed E-state index contributed by atoms with van der Waals surface area (Å²) < 4.78 is 1.44. The molecule has 1 aromatic rings. The van der Waals surface area contributed by atoms with Crippen LogP contribution in [0.1, 0.15) is 19.8 Å². The van der Waals surface area contributed by atoms with Crippen molar-refractivity contribution in [1.82, 2.24) is 20.1 Å². The van der Waals surface area contributed by atoms with Crippen molar-refractivity contribution in [3.63, 3.8) is 0 Å². The van der Waals surface area contributed by atoms with Crippen molar-refractivity contribution < 1.29 is 4.79 Å². The van der Waals surface area contributed by atoms with Crippen LogP contribution in [0.4, 0.5) is 5.95 Å². The molecule has 3 N–H and O–H groups in total. The maximum absolute atomic E-state index is 11.5. The van der Waals surface area contributed by atoms with Gasteiger partial charge in [-0.3, -0.25) is 4.79 Å². The molecular weight excluding hydrogens is 194 g/mol. The van der Waals surface area contributed by atoms with E-state index in [1.807, 2.05) is 0 Å². The van der Waals surface area contributed by atoms with Crippen molar-refractivity contribution in [2.45, 2.75) is 32.4 Å². The lowest BCUT2D eigenvalue weighted by Gasteiger charge is -2.03. The molecule has 0 bridgehead atoms. The summed E-state index contributed by atoms with van der Waals surface area (Å²) in [6.45, 7) is 2.33. The van der Waals surface area contributed by atoms with Crippen LogP contribution in [0.3, 0.4) is 0 Å². The van der Waals surface area contributed by atoms with Gasteiger partial charge in [0.1, 0.15) is 12.9 Å². The maximum Gasteiger partial charge on any atom is 0.242 e. The molecule has 15 heavy (non-hydrogen) atoms. The summed E-state index contributed by atoms with van der Waals surface area (Å²) in [7, 11) is 0. The van der Waals surface area contributed by atoms with Crippen LogP contribution >= 0.6 is 0 Å². The molecule has 0 aliphatic heterocycles. The summed E-state index contributed by atoms with van der Waals surface area (Å²) in [6, 6.07) is 0.364. The summed E-state index contributed by atoms with van der Waals surface area (Å²) in [5, 5.41) is 6.78. The molecule has 1 aliphatic carbocycles. The molecule has 0 spiro atoms. The Hall–Kier alpha value is -1.59. The molecular formula is C9H15N5O. The maximum atomic E-state index is 11.5. The molecule has 1 fully saturated rings. The molecule has 6 nitrogen and oxygen atoms in total. The summed E-state index contributed by atoms with van der Waals surface area (Å²) in [6.07, 6.45) is 3.68. The average Bonchev–Trinajstić information content (AvgIpc) is 2.81. The number of aromatic nitrogens is 3. The highest BCUT2D eigenvalue weighted by molar-refractivity contribution is 5.76. The lowest BCUT2D eigenvalue weighted by atomic mass is 10.3. The van der Waals surface area contributed by atoms with E-state index in [1.54, 1.807) is 0 Å². The molecule has 1 heterocycles. The first-order valence-corrected chi connectivity index (χ1v) is 5.13. The third-order valence-corrected chi connectivity index (χ3v) is 2.65. The van der Waals surface area contributed by atoms with Crippen LogP contribution in [-0.4, -0.2) is 26.7 Å². The second kappa shape index (κ2) is 3.88. The standard InChI is InChI=1S/C9H15N5O/c1-2-6-3-7(6)12-8(15)4-14-5-11-9(10)13-14/h5-7H,2-4H2,1H3,(H2,10,13)(H,12,15). The Morgan fingerprint density at radius 2 is 2.60 bits per heavy atom. The fourth-order valence-electron chi connectivity index (χ4n) is 1.66. The average molecular weight is 209 g/mol. The normalized spacial score (nSPS) is 23.8. The summed E-state index contributed by atoms with van der Waals surface area (Å²) >= 11 is 0. The largest absolute Gasteiger partial charge is 0.367 e. The van der Waals surface area contributed by atoms with Crippen LogP contribution in [-0.2, 0) is 11.3 Å². The van der Waals surface area contributed by atoms with Gasteiger partial charge in [-0.05, 0) is 12.3 Å². The van der Waals surface area contributed by atoms with E-state index >= 15 is 0 Å². The fraction of sp³-hybridized carbons (Fsp3) is 0.667. The van der Waals surface area contributed by atoms with Gasteiger partial charge < -0.3 is 11.1 Å². The highest BCUT2D eigenvalue weighted by Gasteiger charge is 2.36. The van der Waals surface area contributed by atoms with Crippen LogP contribution in [0.15, 0.2) is 6.33 Å². The molecule has 0 radical (unpaired) electrons. The van der Waals surface area contributed by atoms with E-state index in [9.17, 15) is 4.79 Å². The van der Waals surface area contributed by atoms with Gasteiger partial charge in [-0.25, -0.2) is 9.67 Å². The van der Waals surface area contributed by atoms with Gasteiger partial charge in [0.05, 0.1) is 0 Å². The minimum Gasteiger partial charge on any atom is -0.367 e. The highest BCUT2D eigenvalue weighted by Crippen LogP contribution is 2.32. The third kappa shape index (κ3) is 2.45. The first kappa shape index (κ1) is 9.95. The van der Waals surface area contributed by atoms with Crippen LogP contribution in [0.5, 0.6) is 0 Å². The molecule has 6 heteroatoms. The van der Waals surface area contributed by atoms with E-state index in [4.69, 9.17) is 5.73 Å². The Balaban J connectivity index is 1.78. The van der Waals surface area contributed by atoms with E-state index in [-0.39, 0.29) is 18.4 Å². The highest BCUT2D eigenvalue weighted by atomic mass is 16.2. The Morgan fingerprint density at radius 1 is 1.80 bits per heavy atom. The summed E-state index contributed by atoms with van der Waals surface area (Å²) in [5.74, 6) is 0.830. The molecule has 2 rings (SSSR count). The number of hydrogen-bond acceptors (Lipinski definition) is 4. The smallest absolute Gasteiger partial charge is 0.242 e. The van der Waals surface area contributed by atoms with Gasteiger partial charge in [-0.2, -0.15) is 0 Å². The minimum absolute atomic E-state index is 0.0270. The number of amides is 1. The van der Waals surface area contributed by atoms with Gasteiger partial charge in [-0.15, -0.1) is 5.10 Å². The molecule has 1 amide bonds. The zero-order chi connectivity index (χ0) is 10.8. The summed E-state index contributed by atoms with van der Waals surface area (Å²) in [4.78, 5) is 15.2. The number of nitrogens with one attached hydrogen (secondary N) is 1. The van der Waals surface area contributed by atoms with E-state index in [2.05, 4.69) is 22.3 Å². The van der Waals surface area contributed by atoms with Crippen molar-refractivity contribution >= 4 is 11.9 Å². The van der Waals surface area contributed by atoms with Crippen LogP contribution in [0, 0.1) is 5.92 Å². The van der Waals surface area contributed by atoms with Gasteiger partial charge in [-0.1, -0.05) is 13.3 Å². The SMILES string of the molecule is CCC1CC1NC(=O)Cn1cnc(N)n1. The molecule has 0 saturated heterocycles. The summed E-state index contributed by atoms with van der Waals surface area (Å²) in [5.41, 5.74) is 5.34. The molecule has 1 aliphatic rings. The Morgan fingerprint density at radius 3 is 3.13 bits per heavy atom.